The van der Waals surface area contributed by atoms with E-state index in [0.29, 0.717) is 29.1 Å². The first-order chi connectivity index (χ1) is 16.9. The third-order valence-electron chi connectivity index (χ3n) is 5.66. The van der Waals surface area contributed by atoms with Crippen LogP contribution < -0.4 is 11.1 Å². The summed E-state index contributed by atoms with van der Waals surface area (Å²) in [7, 11) is 0. The number of anilines is 1. The maximum atomic E-state index is 13.7. The van der Waals surface area contributed by atoms with E-state index in [1.165, 1.54) is 0 Å². The monoisotopic (exact) mass is 519 g/mol. The van der Waals surface area contributed by atoms with Crippen molar-refractivity contribution in [3.63, 3.8) is 0 Å². The number of alkyl halides is 3. The van der Waals surface area contributed by atoms with Crippen molar-refractivity contribution in [2.24, 2.45) is 5.73 Å². The molecule has 2 amide bonds. The lowest BCUT2D eigenvalue weighted by Gasteiger charge is -2.12. The van der Waals surface area contributed by atoms with Crippen molar-refractivity contribution in [3.05, 3.63) is 46.0 Å². The SMILES string of the molecule is CCn1cc(-c2cc(C(F)(F)F)nc3sc(C(N)=O)c(NC(=O)CCn4nc(C)cc4C)c23)c(C)n1. The van der Waals surface area contributed by atoms with Crippen LogP contribution in [0.25, 0.3) is 21.3 Å². The number of pyridine rings is 1. The predicted octanol–water partition coefficient (Wildman–Crippen LogP) is 4.45. The van der Waals surface area contributed by atoms with Gasteiger partial charge in [0.25, 0.3) is 5.91 Å². The molecule has 3 N–H and O–H groups in total. The number of nitrogens with two attached hydrogens (primary N) is 1. The Balaban J connectivity index is 1.84. The number of nitrogens with one attached hydrogen (secondary N) is 1. The van der Waals surface area contributed by atoms with Crippen LogP contribution in [0, 0.1) is 20.8 Å². The summed E-state index contributed by atoms with van der Waals surface area (Å²) in [6.45, 7) is 8.02. The van der Waals surface area contributed by atoms with Crippen molar-refractivity contribution < 1.29 is 22.8 Å². The number of aryl methyl sites for hydroxylation is 5. The standard InChI is InChI=1S/C23H24F3N7O2S/c1-5-32-10-15(13(4)31-32)14-9-16(23(24,25)26)28-22-18(14)19(20(36-22)21(27)35)29-17(34)6-7-33-12(3)8-11(2)30-33/h8-10H,5-7H2,1-4H3,(H2,27,35)(H,29,34). The molecule has 0 bridgehead atoms. The molecule has 0 fully saturated rings. The normalized spacial score (nSPS) is 11.9. The average molecular weight is 520 g/mol. The zero-order chi connectivity index (χ0) is 26.4. The molecule has 4 heterocycles. The molecule has 190 valence electrons. The summed E-state index contributed by atoms with van der Waals surface area (Å²) in [4.78, 5) is 28.8. The topological polar surface area (TPSA) is 121 Å². The average Bonchev–Trinajstić information content (AvgIpc) is 3.45. The molecular formula is C23H24F3N7O2S. The Morgan fingerprint density at radius 2 is 1.86 bits per heavy atom. The van der Waals surface area contributed by atoms with Crippen LogP contribution in [0.5, 0.6) is 0 Å². The number of primary amides is 1. The number of hydrogen-bond acceptors (Lipinski definition) is 6. The van der Waals surface area contributed by atoms with E-state index < -0.39 is 23.7 Å². The smallest absolute Gasteiger partial charge is 0.365 e. The first-order valence-corrected chi connectivity index (χ1v) is 11.9. The Hall–Kier alpha value is -3.74. The van der Waals surface area contributed by atoms with Crippen molar-refractivity contribution in [1.29, 1.82) is 0 Å². The van der Waals surface area contributed by atoms with Crippen LogP contribution in [0.1, 0.15) is 45.8 Å². The van der Waals surface area contributed by atoms with Crippen LogP contribution in [0.3, 0.4) is 0 Å². The molecule has 4 rings (SSSR count). The maximum Gasteiger partial charge on any atom is 0.433 e. The minimum absolute atomic E-state index is 0.0215. The van der Waals surface area contributed by atoms with Gasteiger partial charge in [0.1, 0.15) is 15.4 Å². The highest BCUT2D eigenvalue weighted by Gasteiger charge is 2.35. The summed E-state index contributed by atoms with van der Waals surface area (Å²) in [5.74, 6) is -1.33. The molecule has 0 saturated heterocycles. The van der Waals surface area contributed by atoms with E-state index in [-0.39, 0.29) is 39.3 Å². The number of carbonyl (C=O) groups excluding carboxylic acids is 2. The number of halogens is 3. The molecule has 0 aliphatic carbocycles. The molecule has 4 aromatic heterocycles. The fourth-order valence-corrected chi connectivity index (χ4v) is 5.01. The summed E-state index contributed by atoms with van der Waals surface area (Å²) in [5, 5.41) is 11.6. The van der Waals surface area contributed by atoms with Crippen molar-refractivity contribution >= 4 is 39.1 Å². The third-order valence-corrected chi connectivity index (χ3v) is 6.75. The van der Waals surface area contributed by atoms with E-state index in [2.05, 4.69) is 20.5 Å². The van der Waals surface area contributed by atoms with E-state index in [4.69, 9.17) is 5.73 Å². The zero-order valence-electron chi connectivity index (χ0n) is 20.0. The van der Waals surface area contributed by atoms with Gasteiger partial charge in [-0.15, -0.1) is 11.3 Å². The third kappa shape index (κ3) is 4.83. The Kier molecular flexibility index (Phi) is 6.60. The van der Waals surface area contributed by atoms with E-state index in [1.54, 1.807) is 22.5 Å². The highest BCUT2D eigenvalue weighted by Crippen LogP contribution is 2.44. The largest absolute Gasteiger partial charge is 0.433 e. The maximum absolute atomic E-state index is 13.7. The van der Waals surface area contributed by atoms with Gasteiger partial charge in [-0.1, -0.05) is 0 Å². The number of fused-ring (bicyclic) bond motifs is 1. The molecule has 0 aliphatic heterocycles. The number of nitrogens with zero attached hydrogens (tertiary/aromatic N) is 5. The Morgan fingerprint density at radius 1 is 1.14 bits per heavy atom. The van der Waals surface area contributed by atoms with Crippen molar-refractivity contribution in [2.75, 3.05) is 5.32 Å². The molecule has 4 aromatic rings. The van der Waals surface area contributed by atoms with Crippen molar-refractivity contribution in [3.8, 4) is 11.1 Å². The van der Waals surface area contributed by atoms with Gasteiger partial charge in [-0.3, -0.25) is 19.0 Å². The zero-order valence-corrected chi connectivity index (χ0v) is 20.8. The number of amides is 2. The number of thiophene rings is 1. The molecule has 0 aromatic carbocycles. The number of hydrogen-bond donors (Lipinski definition) is 2. The second-order valence-corrected chi connectivity index (χ2v) is 9.33. The van der Waals surface area contributed by atoms with Crippen LogP contribution in [-0.2, 0) is 24.1 Å². The lowest BCUT2D eigenvalue weighted by molar-refractivity contribution is -0.140. The minimum atomic E-state index is -4.72. The van der Waals surface area contributed by atoms with Gasteiger partial charge in [0, 0.05) is 42.4 Å². The fraction of sp³-hybridized carbons (Fsp3) is 0.348. The van der Waals surface area contributed by atoms with Gasteiger partial charge >= 0.3 is 6.18 Å². The highest BCUT2D eigenvalue weighted by atomic mass is 32.1. The second-order valence-electron chi connectivity index (χ2n) is 8.34. The van der Waals surface area contributed by atoms with Gasteiger partial charge in [0.2, 0.25) is 5.91 Å². The summed E-state index contributed by atoms with van der Waals surface area (Å²) >= 11 is 0.707. The minimum Gasteiger partial charge on any atom is -0.365 e. The van der Waals surface area contributed by atoms with E-state index in [1.807, 2.05) is 26.8 Å². The van der Waals surface area contributed by atoms with Gasteiger partial charge in [0.05, 0.1) is 17.1 Å². The van der Waals surface area contributed by atoms with E-state index in [9.17, 15) is 22.8 Å². The van der Waals surface area contributed by atoms with Gasteiger partial charge in [0.15, 0.2) is 0 Å². The summed E-state index contributed by atoms with van der Waals surface area (Å²) in [5.41, 5.74) is 7.25. The van der Waals surface area contributed by atoms with Crippen molar-refractivity contribution in [2.45, 2.75) is 53.4 Å². The lowest BCUT2D eigenvalue weighted by atomic mass is 10.0. The second kappa shape index (κ2) is 9.37. The lowest BCUT2D eigenvalue weighted by Crippen LogP contribution is -2.18. The van der Waals surface area contributed by atoms with E-state index >= 15 is 0 Å². The molecule has 0 spiro atoms. The molecule has 0 unspecified atom stereocenters. The summed E-state index contributed by atoms with van der Waals surface area (Å²) in [6, 6.07) is 2.79. The van der Waals surface area contributed by atoms with Crippen LogP contribution in [-0.4, -0.2) is 36.4 Å². The molecule has 0 saturated carbocycles. The Morgan fingerprint density at radius 3 is 2.42 bits per heavy atom. The van der Waals surface area contributed by atoms with Gasteiger partial charge < -0.3 is 11.1 Å². The molecular weight excluding hydrogens is 495 g/mol. The van der Waals surface area contributed by atoms with Gasteiger partial charge in [-0.05, 0) is 45.4 Å². The predicted molar refractivity (Wildman–Crippen MR) is 130 cm³/mol. The van der Waals surface area contributed by atoms with Crippen LogP contribution in [0.2, 0.25) is 0 Å². The first-order valence-electron chi connectivity index (χ1n) is 11.1. The molecule has 0 radical (unpaired) electrons. The number of rotatable bonds is 7. The van der Waals surface area contributed by atoms with Crippen LogP contribution in [0.15, 0.2) is 18.3 Å². The van der Waals surface area contributed by atoms with E-state index in [0.717, 1.165) is 17.5 Å². The first kappa shape index (κ1) is 25.4. The Labute approximate surface area is 208 Å². The molecule has 13 heteroatoms. The molecule has 36 heavy (non-hydrogen) atoms. The fourth-order valence-electron chi connectivity index (χ4n) is 4.00. The Bertz CT molecular complexity index is 1480. The van der Waals surface area contributed by atoms with Crippen molar-refractivity contribution in [1.82, 2.24) is 24.5 Å². The molecule has 9 nitrogen and oxygen atoms in total. The molecule has 0 atom stereocenters. The summed E-state index contributed by atoms with van der Waals surface area (Å²) in [6.07, 6.45) is -3.08. The van der Waals surface area contributed by atoms with Gasteiger partial charge in [-0.25, -0.2) is 4.98 Å². The van der Waals surface area contributed by atoms with Crippen LogP contribution in [0.4, 0.5) is 18.9 Å². The number of aromatic nitrogens is 5. The highest BCUT2D eigenvalue weighted by molar-refractivity contribution is 7.21. The van der Waals surface area contributed by atoms with Gasteiger partial charge in [-0.2, -0.15) is 23.4 Å². The van der Waals surface area contributed by atoms with Crippen LogP contribution >= 0.6 is 11.3 Å². The quantitative estimate of drug-likeness (QED) is 0.374. The summed E-state index contributed by atoms with van der Waals surface area (Å²) < 4.78 is 44.4. The molecule has 0 aliphatic rings. The number of carbonyl (C=O) groups is 2.